The van der Waals surface area contributed by atoms with E-state index in [1.165, 1.54) is 31.5 Å². The number of amides is 1. The predicted octanol–water partition coefficient (Wildman–Crippen LogP) is 2.38. The number of rotatable bonds is 7. The van der Waals surface area contributed by atoms with Gasteiger partial charge in [0.1, 0.15) is 18.1 Å². The minimum Gasteiger partial charge on any atom is -0.497 e. The summed E-state index contributed by atoms with van der Waals surface area (Å²) in [4.78, 5) is 22.5. The topological polar surface area (TPSA) is 103 Å². The van der Waals surface area contributed by atoms with Crippen molar-refractivity contribution in [2.75, 3.05) is 13.7 Å². The van der Waals surface area contributed by atoms with Gasteiger partial charge in [-0.2, -0.15) is 5.10 Å². The molecule has 0 unspecified atom stereocenters. The van der Waals surface area contributed by atoms with E-state index < -0.39 is 10.8 Å². The molecule has 0 bridgehead atoms. The van der Waals surface area contributed by atoms with Crippen LogP contribution in [0.1, 0.15) is 15.9 Å². The Morgan fingerprint density at radius 3 is 2.88 bits per heavy atom. The fraction of sp³-hybridized carbons (Fsp3) is 0.111. The summed E-state index contributed by atoms with van der Waals surface area (Å²) in [5.74, 6) is 2.69. The predicted molar refractivity (Wildman–Crippen MR) is 95.5 cm³/mol. The number of carbonyl (C=O) groups excluding carboxylic acids is 1. The Bertz CT molecular complexity index is 887. The average molecular weight is 353 g/mol. The SMILES string of the molecule is C#CCOc1ccc([N+](=O)[O-])cc1/C=N/NC(=O)c1cccc(OC)c1. The Morgan fingerprint density at radius 1 is 1.38 bits per heavy atom. The van der Waals surface area contributed by atoms with Crippen molar-refractivity contribution in [3.63, 3.8) is 0 Å². The van der Waals surface area contributed by atoms with Crippen LogP contribution in [0.3, 0.4) is 0 Å². The third kappa shape index (κ3) is 4.82. The van der Waals surface area contributed by atoms with Gasteiger partial charge in [-0.05, 0) is 24.3 Å². The summed E-state index contributed by atoms with van der Waals surface area (Å²) in [5, 5.41) is 14.7. The van der Waals surface area contributed by atoms with Crippen molar-refractivity contribution >= 4 is 17.8 Å². The first-order valence-corrected chi connectivity index (χ1v) is 7.37. The Hall–Kier alpha value is -3.86. The molecule has 0 aliphatic carbocycles. The molecule has 2 rings (SSSR count). The third-order valence-corrected chi connectivity index (χ3v) is 3.22. The molecule has 132 valence electrons. The van der Waals surface area contributed by atoms with Crippen molar-refractivity contribution in [3.8, 4) is 23.8 Å². The Balaban J connectivity index is 2.17. The largest absolute Gasteiger partial charge is 0.497 e. The van der Waals surface area contributed by atoms with Crippen molar-refractivity contribution in [2.24, 2.45) is 5.10 Å². The first-order valence-electron chi connectivity index (χ1n) is 7.37. The molecule has 0 fully saturated rings. The van der Waals surface area contributed by atoms with Gasteiger partial charge in [-0.1, -0.05) is 12.0 Å². The molecule has 1 N–H and O–H groups in total. The second kappa shape index (κ2) is 8.84. The zero-order valence-electron chi connectivity index (χ0n) is 13.8. The van der Waals surface area contributed by atoms with Crippen LogP contribution >= 0.6 is 0 Å². The Labute approximate surface area is 149 Å². The van der Waals surface area contributed by atoms with Crippen LogP contribution in [-0.2, 0) is 0 Å². The molecule has 26 heavy (non-hydrogen) atoms. The van der Waals surface area contributed by atoms with E-state index in [0.29, 0.717) is 22.6 Å². The number of hydrazone groups is 1. The maximum absolute atomic E-state index is 12.1. The van der Waals surface area contributed by atoms with E-state index in [-0.39, 0.29) is 12.3 Å². The first kappa shape index (κ1) is 18.5. The normalized spacial score (nSPS) is 10.2. The highest BCUT2D eigenvalue weighted by Gasteiger charge is 2.11. The fourth-order valence-electron chi connectivity index (χ4n) is 1.99. The van der Waals surface area contributed by atoms with E-state index in [9.17, 15) is 14.9 Å². The first-order chi connectivity index (χ1) is 12.5. The van der Waals surface area contributed by atoms with Crippen LogP contribution in [0.4, 0.5) is 5.69 Å². The lowest BCUT2D eigenvalue weighted by Gasteiger charge is -2.06. The summed E-state index contributed by atoms with van der Waals surface area (Å²) in [6, 6.07) is 10.5. The van der Waals surface area contributed by atoms with Crippen molar-refractivity contribution in [1.29, 1.82) is 0 Å². The minimum atomic E-state index is -0.545. The molecule has 1 amide bonds. The molecule has 2 aromatic carbocycles. The van der Waals surface area contributed by atoms with Crippen LogP contribution in [0.5, 0.6) is 11.5 Å². The number of nitro groups is 1. The van der Waals surface area contributed by atoms with Crippen LogP contribution in [0.15, 0.2) is 47.6 Å². The van der Waals surface area contributed by atoms with Gasteiger partial charge in [0.25, 0.3) is 11.6 Å². The molecule has 8 heteroatoms. The number of nitrogens with zero attached hydrogens (tertiary/aromatic N) is 2. The van der Waals surface area contributed by atoms with Gasteiger partial charge >= 0.3 is 0 Å². The molecule has 0 spiro atoms. The lowest BCUT2D eigenvalue weighted by molar-refractivity contribution is -0.384. The molecule has 2 aromatic rings. The maximum atomic E-state index is 12.1. The number of hydrogen-bond acceptors (Lipinski definition) is 6. The number of benzene rings is 2. The molecule has 0 atom stereocenters. The van der Waals surface area contributed by atoms with Crippen LogP contribution < -0.4 is 14.9 Å². The number of carbonyl (C=O) groups is 1. The van der Waals surface area contributed by atoms with Crippen molar-refractivity contribution in [2.45, 2.75) is 0 Å². The molecule has 8 nitrogen and oxygen atoms in total. The van der Waals surface area contributed by atoms with Crippen molar-refractivity contribution in [3.05, 3.63) is 63.7 Å². The van der Waals surface area contributed by atoms with E-state index in [2.05, 4.69) is 16.4 Å². The van der Waals surface area contributed by atoms with Gasteiger partial charge in [0.05, 0.1) is 18.2 Å². The summed E-state index contributed by atoms with van der Waals surface area (Å²) in [7, 11) is 1.50. The third-order valence-electron chi connectivity index (χ3n) is 3.22. The number of ether oxygens (including phenoxy) is 2. The van der Waals surface area contributed by atoms with E-state index in [1.807, 2.05) is 0 Å². The van der Waals surface area contributed by atoms with E-state index >= 15 is 0 Å². The van der Waals surface area contributed by atoms with E-state index in [1.54, 1.807) is 24.3 Å². The molecular formula is C18H15N3O5. The number of non-ortho nitro benzene ring substituents is 1. The summed E-state index contributed by atoms with van der Waals surface area (Å²) >= 11 is 0. The highest BCUT2D eigenvalue weighted by molar-refractivity contribution is 5.95. The van der Waals surface area contributed by atoms with Gasteiger partial charge in [0.15, 0.2) is 0 Å². The summed E-state index contributed by atoms with van der Waals surface area (Å²) in [6.07, 6.45) is 6.40. The van der Waals surface area contributed by atoms with Crippen LogP contribution in [0, 0.1) is 22.5 Å². The van der Waals surface area contributed by atoms with Gasteiger partial charge in [0.2, 0.25) is 0 Å². The quantitative estimate of drug-likeness (QED) is 0.356. The fourth-order valence-corrected chi connectivity index (χ4v) is 1.99. The number of nitrogens with one attached hydrogen (secondary N) is 1. The Morgan fingerprint density at radius 2 is 2.19 bits per heavy atom. The van der Waals surface area contributed by atoms with Crippen LogP contribution in [-0.4, -0.2) is 30.8 Å². The molecule has 0 heterocycles. The smallest absolute Gasteiger partial charge is 0.271 e. The summed E-state index contributed by atoms with van der Waals surface area (Å²) in [5.41, 5.74) is 2.86. The molecular weight excluding hydrogens is 338 g/mol. The van der Waals surface area contributed by atoms with Gasteiger partial charge < -0.3 is 9.47 Å². The van der Waals surface area contributed by atoms with Crippen LogP contribution in [0.2, 0.25) is 0 Å². The summed E-state index contributed by atoms with van der Waals surface area (Å²) < 4.78 is 10.4. The number of nitro benzene ring substituents is 1. The average Bonchev–Trinajstić information content (AvgIpc) is 2.66. The molecule has 0 aliphatic heterocycles. The molecule has 0 saturated carbocycles. The number of methoxy groups -OCH3 is 1. The van der Waals surface area contributed by atoms with Gasteiger partial charge in [-0.15, -0.1) is 6.42 Å². The van der Waals surface area contributed by atoms with E-state index in [0.717, 1.165) is 0 Å². The molecule has 0 aromatic heterocycles. The monoisotopic (exact) mass is 353 g/mol. The Kier molecular flexibility index (Phi) is 6.28. The second-order valence-electron chi connectivity index (χ2n) is 4.90. The lowest BCUT2D eigenvalue weighted by Crippen LogP contribution is -2.17. The lowest BCUT2D eigenvalue weighted by atomic mass is 10.2. The van der Waals surface area contributed by atoms with Crippen molar-refractivity contribution in [1.82, 2.24) is 5.43 Å². The van der Waals surface area contributed by atoms with Gasteiger partial charge in [0, 0.05) is 23.3 Å². The maximum Gasteiger partial charge on any atom is 0.271 e. The highest BCUT2D eigenvalue weighted by atomic mass is 16.6. The second-order valence-corrected chi connectivity index (χ2v) is 4.90. The van der Waals surface area contributed by atoms with Crippen LogP contribution in [0.25, 0.3) is 0 Å². The zero-order chi connectivity index (χ0) is 18.9. The summed E-state index contributed by atoms with van der Waals surface area (Å²) in [6.45, 7) is -0.00514. The standard InChI is InChI=1S/C18H15N3O5/c1-3-9-26-17-8-7-15(21(23)24)10-14(17)12-19-20-18(22)13-5-4-6-16(11-13)25-2/h1,4-8,10-12H,9H2,2H3,(H,20,22)/b19-12+. The highest BCUT2D eigenvalue weighted by Crippen LogP contribution is 2.22. The van der Waals surface area contributed by atoms with E-state index in [4.69, 9.17) is 15.9 Å². The molecule has 0 saturated heterocycles. The molecule has 0 radical (unpaired) electrons. The number of terminal acetylenes is 1. The zero-order valence-corrected chi connectivity index (χ0v) is 13.8. The molecule has 0 aliphatic rings. The minimum absolute atomic E-state index is 0.00514. The van der Waals surface area contributed by atoms with Gasteiger partial charge in [-0.3, -0.25) is 14.9 Å². The number of hydrogen-bond donors (Lipinski definition) is 1. The van der Waals surface area contributed by atoms with Crippen molar-refractivity contribution < 1.29 is 19.2 Å². The van der Waals surface area contributed by atoms with Gasteiger partial charge in [-0.25, -0.2) is 5.43 Å².